The molecule has 0 aliphatic heterocycles. The van der Waals surface area contributed by atoms with Crippen LogP contribution in [-0.2, 0) is 9.53 Å². The molecule has 0 unspecified atom stereocenters. The van der Waals surface area contributed by atoms with Gasteiger partial charge in [0.05, 0.1) is 7.11 Å². The summed E-state index contributed by atoms with van der Waals surface area (Å²) < 4.78 is 4.56. The molecule has 0 saturated heterocycles. The van der Waals surface area contributed by atoms with Gasteiger partial charge in [0.15, 0.2) is 0 Å². The molecule has 0 aliphatic rings. The summed E-state index contributed by atoms with van der Waals surface area (Å²) in [5.41, 5.74) is 0.369. The van der Waals surface area contributed by atoms with E-state index >= 15 is 0 Å². The molecule has 72 valence electrons. The molecule has 0 aliphatic carbocycles. The van der Waals surface area contributed by atoms with E-state index in [1.165, 1.54) is 7.11 Å². The predicted octanol–water partition coefficient (Wildman–Crippen LogP) is 2.77. The first kappa shape index (κ1) is 11.5. The van der Waals surface area contributed by atoms with Crippen LogP contribution >= 0.6 is 0 Å². The zero-order chi connectivity index (χ0) is 9.61. The largest absolute Gasteiger partial charge is 0.469 e. The second-order valence-electron chi connectivity index (χ2n) is 3.95. The van der Waals surface area contributed by atoms with Gasteiger partial charge >= 0.3 is 5.97 Å². The summed E-state index contributed by atoms with van der Waals surface area (Å²) in [4.78, 5) is 10.8. The number of carbonyl (C=O) groups is 1. The SMILES string of the molecule is CCC(C)(C)CCCC(=O)OC. The lowest BCUT2D eigenvalue weighted by Crippen LogP contribution is -2.10. The van der Waals surface area contributed by atoms with E-state index in [2.05, 4.69) is 25.5 Å². The van der Waals surface area contributed by atoms with Crippen molar-refractivity contribution in [1.29, 1.82) is 0 Å². The summed E-state index contributed by atoms with van der Waals surface area (Å²) in [6.07, 6.45) is 3.75. The standard InChI is InChI=1S/C10H20O2/c1-5-10(2,3)8-6-7-9(11)12-4/h5-8H2,1-4H3. The van der Waals surface area contributed by atoms with Crippen LogP contribution < -0.4 is 0 Å². The van der Waals surface area contributed by atoms with Gasteiger partial charge in [-0.05, 0) is 18.3 Å². The third kappa shape index (κ3) is 5.16. The molecule has 0 aromatic carbocycles. The highest BCUT2D eigenvalue weighted by Gasteiger charge is 2.14. The summed E-state index contributed by atoms with van der Waals surface area (Å²) >= 11 is 0. The number of rotatable bonds is 5. The van der Waals surface area contributed by atoms with Crippen LogP contribution in [0.2, 0.25) is 0 Å². The highest BCUT2D eigenvalue weighted by atomic mass is 16.5. The van der Waals surface area contributed by atoms with E-state index in [9.17, 15) is 4.79 Å². The summed E-state index contributed by atoms with van der Waals surface area (Å²) in [6, 6.07) is 0. The Bertz CT molecular complexity index is 139. The van der Waals surface area contributed by atoms with Crippen LogP contribution in [-0.4, -0.2) is 13.1 Å². The van der Waals surface area contributed by atoms with Crippen molar-refractivity contribution in [3.63, 3.8) is 0 Å². The van der Waals surface area contributed by atoms with Crippen molar-refractivity contribution < 1.29 is 9.53 Å². The van der Waals surface area contributed by atoms with Crippen molar-refractivity contribution in [1.82, 2.24) is 0 Å². The van der Waals surface area contributed by atoms with E-state index in [4.69, 9.17) is 0 Å². The molecule has 0 rings (SSSR count). The zero-order valence-corrected chi connectivity index (χ0v) is 8.64. The molecule has 0 N–H and O–H groups in total. The third-order valence-corrected chi connectivity index (χ3v) is 2.42. The first-order chi connectivity index (χ1) is 5.52. The van der Waals surface area contributed by atoms with Crippen LogP contribution in [0.3, 0.4) is 0 Å². The Hall–Kier alpha value is -0.530. The number of hydrogen-bond donors (Lipinski definition) is 0. The number of ether oxygens (including phenoxy) is 1. The molecule has 0 bridgehead atoms. The number of carbonyl (C=O) groups excluding carboxylic acids is 1. The van der Waals surface area contributed by atoms with Gasteiger partial charge < -0.3 is 4.74 Å². The van der Waals surface area contributed by atoms with Crippen LogP contribution in [0.25, 0.3) is 0 Å². The smallest absolute Gasteiger partial charge is 0.305 e. The third-order valence-electron chi connectivity index (χ3n) is 2.42. The fourth-order valence-corrected chi connectivity index (χ4v) is 0.990. The molecule has 0 saturated carbocycles. The van der Waals surface area contributed by atoms with E-state index in [0.717, 1.165) is 19.3 Å². The average Bonchev–Trinajstić information content (AvgIpc) is 2.04. The Morgan fingerprint density at radius 2 is 2.00 bits per heavy atom. The van der Waals surface area contributed by atoms with Gasteiger partial charge in [-0.25, -0.2) is 0 Å². The molecule has 12 heavy (non-hydrogen) atoms. The monoisotopic (exact) mass is 172 g/mol. The molecule has 0 radical (unpaired) electrons. The molecule has 0 spiro atoms. The fourth-order valence-electron chi connectivity index (χ4n) is 0.990. The van der Waals surface area contributed by atoms with Crippen LogP contribution in [0.1, 0.15) is 46.5 Å². The van der Waals surface area contributed by atoms with Crippen LogP contribution in [0.15, 0.2) is 0 Å². The lowest BCUT2D eigenvalue weighted by Gasteiger charge is -2.21. The van der Waals surface area contributed by atoms with Gasteiger partial charge in [-0.2, -0.15) is 0 Å². The second-order valence-corrected chi connectivity index (χ2v) is 3.95. The molecular weight excluding hydrogens is 152 g/mol. The fraction of sp³-hybridized carbons (Fsp3) is 0.900. The normalized spacial score (nSPS) is 11.3. The Balaban J connectivity index is 3.49. The Morgan fingerprint density at radius 1 is 1.42 bits per heavy atom. The van der Waals surface area contributed by atoms with Gasteiger partial charge in [0, 0.05) is 6.42 Å². The molecule has 0 amide bonds. The van der Waals surface area contributed by atoms with E-state index in [1.54, 1.807) is 0 Å². The molecule has 2 nitrogen and oxygen atoms in total. The van der Waals surface area contributed by atoms with Gasteiger partial charge in [0.25, 0.3) is 0 Å². The Labute approximate surface area is 75.3 Å². The lowest BCUT2D eigenvalue weighted by molar-refractivity contribution is -0.140. The molecule has 2 heteroatoms. The summed E-state index contributed by atoms with van der Waals surface area (Å²) in [7, 11) is 1.44. The maximum atomic E-state index is 10.8. The average molecular weight is 172 g/mol. The molecule has 0 atom stereocenters. The molecule has 0 aromatic rings. The van der Waals surface area contributed by atoms with Crippen LogP contribution in [0.4, 0.5) is 0 Å². The number of esters is 1. The second kappa shape index (κ2) is 5.18. The van der Waals surface area contributed by atoms with Crippen molar-refractivity contribution in [2.24, 2.45) is 5.41 Å². The number of hydrogen-bond acceptors (Lipinski definition) is 2. The van der Waals surface area contributed by atoms with Crippen molar-refractivity contribution in [3.05, 3.63) is 0 Å². The lowest BCUT2D eigenvalue weighted by atomic mass is 9.85. The van der Waals surface area contributed by atoms with Crippen molar-refractivity contribution in [3.8, 4) is 0 Å². The minimum Gasteiger partial charge on any atom is -0.469 e. The van der Waals surface area contributed by atoms with Gasteiger partial charge in [0.2, 0.25) is 0 Å². The molecule has 0 heterocycles. The predicted molar refractivity (Wildman–Crippen MR) is 49.9 cm³/mol. The zero-order valence-electron chi connectivity index (χ0n) is 8.64. The molecule has 0 aromatic heterocycles. The van der Waals surface area contributed by atoms with Crippen LogP contribution in [0.5, 0.6) is 0 Å². The van der Waals surface area contributed by atoms with Gasteiger partial charge in [0.1, 0.15) is 0 Å². The maximum Gasteiger partial charge on any atom is 0.305 e. The van der Waals surface area contributed by atoms with Gasteiger partial charge in [-0.1, -0.05) is 27.2 Å². The maximum absolute atomic E-state index is 10.8. The van der Waals surface area contributed by atoms with E-state index < -0.39 is 0 Å². The minimum absolute atomic E-state index is 0.0955. The van der Waals surface area contributed by atoms with Crippen molar-refractivity contribution in [2.45, 2.75) is 46.5 Å². The topological polar surface area (TPSA) is 26.3 Å². The first-order valence-corrected chi connectivity index (χ1v) is 4.58. The molecular formula is C10H20O2. The van der Waals surface area contributed by atoms with Gasteiger partial charge in [-0.15, -0.1) is 0 Å². The highest BCUT2D eigenvalue weighted by molar-refractivity contribution is 5.68. The first-order valence-electron chi connectivity index (χ1n) is 4.58. The van der Waals surface area contributed by atoms with Crippen LogP contribution in [0, 0.1) is 5.41 Å². The summed E-state index contributed by atoms with van der Waals surface area (Å²) in [6.45, 7) is 6.63. The quantitative estimate of drug-likeness (QED) is 0.596. The molecule has 0 fully saturated rings. The van der Waals surface area contributed by atoms with Crippen molar-refractivity contribution in [2.75, 3.05) is 7.11 Å². The van der Waals surface area contributed by atoms with Gasteiger partial charge in [-0.3, -0.25) is 4.79 Å². The van der Waals surface area contributed by atoms with E-state index in [-0.39, 0.29) is 5.97 Å². The Kier molecular flexibility index (Phi) is 4.95. The van der Waals surface area contributed by atoms with E-state index in [0.29, 0.717) is 11.8 Å². The van der Waals surface area contributed by atoms with E-state index in [1.807, 2.05) is 0 Å². The Morgan fingerprint density at radius 3 is 2.42 bits per heavy atom. The summed E-state index contributed by atoms with van der Waals surface area (Å²) in [5.74, 6) is -0.0955. The highest BCUT2D eigenvalue weighted by Crippen LogP contribution is 2.26. The minimum atomic E-state index is -0.0955. The number of methoxy groups -OCH3 is 1. The summed E-state index contributed by atoms with van der Waals surface area (Å²) in [5, 5.41) is 0. The van der Waals surface area contributed by atoms with Crippen molar-refractivity contribution >= 4 is 5.97 Å².